The molecule has 1 heterocycles. The van der Waals surface area contributed by atoms with Crippen LogP contribution >= 0.6 is 39.5 Å². The van der Waals surface area contributed by atoms with Crippen molar-refractivity contribution in [1.82, 2.24) is 0 Å². The lowest BCUT2D eigenvalue weighted by atomic mass is 10.1. The maximum atomic E-state index is 11.9. The van der Waals surface area contributed by atoms with E-state index in [4.69, 9.17) is 17.0 Å². The molecule has 0 spiro atoms. The van der Waals surface area contributed by atoms with Crippen molar-refractivity contribution in [1.29, 1.82) is 0 Å². The summed E-state index contributed by atoms with van der Waals surface area (Å²) in [6, 6.07) is 7.66. The number of thiophene rings is 1. The number of ether oxygens (including phenoxy) is 1. The molecule has 116 valence electrons. The van der Waals surface area contributed by atoms with Gasteiger partial charge in [0.1, 0.15) is 5.00 Å². The van der Waals surface area contributed by atoms with Crippen LogP contribution in [0.2, 0.25) is 0 Å². The zero-order chi connectivity index (χ0) is 16.3. The Labute approximate surface area is 147 Å². The number of anilines is 2. The van der Waals surface area contributed by atoms with Crippen molar-refractivity contribution in [2.45, 2.75) is 13.8 Å². The highest BCUT2D eigenvalue weighted by atomic mass is 79.9. The molecule has 0 aliphatic carbocycles. The summed E-state index contributed by atoms with van der Waals surface area (Å²) in [5.74, 6) is -0.365. The molecule has 0 atom stereocenters. The minimum absolute atomic E-state index is 0.365. The highest BCUT2D eigenvalue weighted by Crippen LogP contribution is 2.33. The van der Waals surface area contributed by atoms with Crippen molar-refractivity contribution in [2.24, 2.45) is 0 Å². The Bertz CT molecular complexity index is 711. The first kappa shape index (κ1) is 16.9. The summed E-state index contributed by atoms with van der Waals surface area (Å²) in [5.41, 5.74) is 2.31. The second-order valence-corrected chi connectivity index (χ2v) is 7.11. The molecule has 2 aromatic rings. The molecule has 0 unspecified atom stereocenters. The van der Waals surface area contributed by atoms with Crippen molar-refractivity contribution in [3.63, 3.8) is 0 Å². The lowest BCUT2D eigenvalue weighted by Gasteiger charge is -2.10. The molecule has 0 saturated carbocycles. The number of benzene rings is 1. The minimum Gasteiger partial charge on any atom is -0.465 e. The number of thiocarbonyl (C=S) groups is 1. The molecule has 0 fully saturated rings. The number of halogens is 1. The fraction of sp³-hybridized carbons (Fsp3) is 0.200. The lowest BCUT2D eigenvalue weighted by Crippen LogP contribution is -2.20. The average Bonchev–Trinajstić information content (AvgIpc) is 2.75. The van der Waals surface area contributed by atoms with Gasteiger partial charge in [0.15, 0.2) is 5.11 Å². The number of carbonyl (C=O) groups excluding carboxylic acids is 1. The van der Waals surface area contributed by atoms with Crippen LogP contribution in [0, 0.1) is 13.8 Å². The van der Waals surface area contributed by atoms with Crippen LogP contribution in [0.4, 0.5) is 10.7 Å². The van der Waals surface area contributed by atoms with E-state index < -0.39 is 0 Å². The smallest absolute Gasteiger partial charge is 0.341 e. The molecule has 0 saturated heterocycles. The van der Waals surface area contributed by atoms with Crippen LogP contribution in [0.3, 0.4) is 0 Å². The number of aryl methyl sites for hydroxylation is 1. The monoisotopic (exact) mass is 398 g/mol. The molecule has 4 nitrogen and oxygen atoms in total. The maximum Gasteiger partial charge on any atom is 0.341 e. The number of rotatable bonds is 3. The van der Waals surface area contributed by atoms with Crippen LogP contribution in [0.15, 0.2) is 28.7 Å². The first-order valence-corrected chi connectivity index (χ1v) is 8.46. The van der Waals surface area contributed by atoms with Crippen LogP contribution in [0.25, 0.3) is 0 Å². The molecular weight excluding hydrogens is 384 g/mol. The molecule has 0 aliphatic rings. The van der Waals surface area contributed by atoms with Crippen LogP contribution < -0.4 is 10.6 Å². The maximum absolute atomic E-state index is 11.9. The number of carbonyl (C=O) groups is 1. The van der Waals surface area contributed by atoms with Gasteiger partial charge in [-0.05, 0) is 55.9 Å². The van der Waals surface area contributed by atoms with Gasteiger partial charge in [0.2, 0.25) is 0 Å². The van der Waals surface area contributed by atoms with E-state index in [2.05, 4.69) is 26.6 Å². The molecule has 1 aromatic heterocycles. The number of methoxy groups -OCH3 is 1. The number of hydrogen-bond acceptors (Lipinski definition) is 4. The summed E-state index contributed by atoms with van der Waals surface area (Å²) in [5, 5.41) is 7.28. The second-order valence-electron chi connectivity index (χ2n) is 4.56. The normalized spacial score (nSPS) is 10.2. The molecule has 2 N–H and O–H groups in total. The van der Waals surface area contributed by atoms with E-state index >= 15 is 0 Å². The third-order valence-electron chi connectivity index (χ3n) is 3.10. The summed E-state index contributed by atoms with van der Waals surface area (Å²) < 4.78 is 5.84. The zero-order valence-electron chi connectivity index (χ0n) is 12.3. The van der Waals surface area contributed by atoms with Crippen LogP contribution in [0.1, 0.15) is 20.8 Å². The fourth-order valence-electron chi connectivity index (χ4n) is 1.86. The van der Waals surface area contributed by atoms with Crippen molar-refractivity contribution in [3.05, 3.63) is 44.7 Å². The van der Waals surface area contributed by atoms with Crippen LogP contribution in [-0.2, 0) is 4.74 Å². The molecular formula is C15H15BrN2O2S2. The Kier molecular flexibility index (Phi) is 5.55. The molecule has 22 heavy (non-hydrogen) atoms. The first-order valence-electron chi connectivity index (χ1n) is 6.44. The van der Waals surface area contributed by atoms with Gasteiger partial charge in [0.25, 0.3) is 0 Å². The number of hydrogen-bond donors (Lipinski definition) is 2. The van der Waals surface area contributed by atoms with Gasteiger partial charge in [-0.1, -0.05) is 15.9 Å². The van der Waals surface area contributed by atoms with Gasteiger partial charge in [-0.2, -0.15) is 0 Å². The molecule has 1 aromatic carbocycles. The van der Waals surface area contributed by atoms with Crippen molar-refractivity contribution in [2.75, 3.05) is 17.7 Å². The van der Waals surface area contributed by atoms with Crippen molar-refractivity contribution in [3.8, 4) is 0 Å². The Morgan fingerprint density at radius 1 is 1.23 bits per heavy atom. The highest BCUT2D eigenvalue weighted by molar-refractivity contribution is 9.10. The Morgan fingerprint density at radius 2 is 1.86 bits per heavy atom. The van der Waals surface area contributed by atoms with Gasteiger partial charge in [-0.25, -0.2) is 4.79 Å². The summed E-state index contributed by atoms with van der Waals surface area (Å²) in [6.45, 7) is 3.86. The quantitative estimate of drug-likeness (QED) is 0.578. The van der Waals surface area contributed by atoms with Gasteiger partial charge in [-0.15, -0.1) is 11.3 Å². The predicted octanol–water partition coefficient (Wildman–Crippen LogP) is 4.72. The van der Waals surface area contributed by atoms with Gasteiger partial charge in [0.05, 0.1) is 12.7 Å². The SMILES string of the molecule is COC(=O)c1c(NC(=S)Nc2ccc(Br)cc2)sc(C)c1C. The predicted molar refractivity (Wildman–Crippen MR) is 99.1 cm³/mol. The highest BCUT2D eigenvalue weighted by Gasteiger charge is 2.20. The minimum atomic E-state index is -0.365. The first-order chi connectivity index (χ1) is 10.4. The summed E-state index contributed by atoms with van der Waals surface area (Å²) >= 11 is 10.2. The van der Waals surface area contributed by atoms with Crippen molar-refractivity contribution >= 4 is 61.3 Å². The third kappa shape index (κ3) is 3.85. The number of nitrogens with one attached hydrogen (secondary N) is 2. The molecule has 7 heteroatoms. The summed E-state index contributed by atoms with van der Waals surface area (Å²) in [7, 11) is 1.37. The van der Waals surface area contributed by atoms with E-state index in [9.17, 15) is 4.79 Å². The Morgan fingerprint density at radius 3 is 2.45 bits per heavy atom. The lowest BCUT2D eigenvalue weighted by molar-refractivity contribution is 0.0601. The fourth-order valence-corrected chi connectivity index (χ4v) is 3.46. The van der Waals surface area contributed by atoms with Gasteiger partial charge in [0, 0.05) is 15.0 Å². The average molecular weight is 399 g/mol. The largest absolute Gasteiger partial charge is 0.465 e. The molecule has 2 rings (SSSR count). The van der Waals surface area contributed by atoms with E-state index in [0.717, 1.165) is 20.6 Å². The van der Waals surface area contributed by atoms with Gasteiger partial charge < -0.3 is 15.4 Å². The topological polar surface area (TPSA) is 50.4 Å². The van der Waals surface area contributed by atoms with Gasteiger partial charge in [-0.3, -0.25) is 0 Å². The Hall–Kier alpha value is -1.44. The van der Waals surface area contributed by atoms with E-state index in [1.165, 1.54) is 18.4 Å². The van der Waals surface area contributed by atoms with Crippen LogP contribution in [0.5, 0.6) is 0 Å². The zero-order valence-corrected chi connectivity index (χ0v) is 15.5. The van der Waals surface area contributed by atoms with E-state index in [0.29, 0.717) is 15.7 Å². The summed E-state index contributed by atoms with van der Waals surface area (Å²) in [6.07, 6.45) is 0. The van der Waals surface area contributed by atoms with E-state index in [-0.39, 0.29) is 5.97 Å². The molecule has 0 radical (unpaired) electrons. The number of esters is 1. The summed E-state index contributed by atoms with van der Waals surface area (Å²) in [4.78, 5) is 13.0. The molecule has 0 bridgehead atoms. The standard InChI is InChI=1S/C15H15BrN2O2S2/c1-8-9(2)22-13(12(8)14(19)20-3)18-15(21)17-11-6-4-10(16)5-7-11/h4-7H,1-3H3,(H2,17,18,21). The van der Waals surface area contributed by atoms with Gasteiger partial charge >= 0.3 is 5.97 Å². The Balaban J connectivity index is 2.16. The molecule has 0 amide bonds. The van der Waals surface area contributed by atoms with Crippen LogP contribution in [-0.4, -0.2) is 18.2 Å². The van der Waals surface area contributed by atoms with Crippen molar-refractivity contribution < 1.29 is 9.53 Å². The third-order valence-corrected chi connectivity index (χ3v) is 4.96. The van der Waals surface area contributed by atoms with E-state index in [1.807, 2.05) is 38.1 Å². The van der Waals surface area contributed by atoms with E-state index in [1.54, 1.807) is 0 Å². The second kappa shape index (κ2) is 7.21. The molecule has 0 aliphatic heterocycles.